The first kappa shape index (κ1) is 16.5. The van der Waals surface area contributed by atoms with Gasteiger partial charge in [-0.05, 0) is 30.2 Å². The molecule has 0 unspecified atom stereocenters. The molecule has 1 heterocycles. The third-order valence-electron chi connectivity index (χ3n) is 5.26. The quantitative estimate of drug-likeness (QED) is 0.412. The van der Waals surface area contributed by atoms with Gasteiger partial charge in [0.05, 0.1) is 0 Å². The lowest BCUT2D eigenvalue weighted by molar-refractivity contribution is 1.42. The van der Waals surface area contributed by atoms with Gasteiger partial charge in [-0.25, -0.2) is 0 Å². The van der Waals surface area contributed by atoms with Gasteiger partial charge in [0.1, 0.15) is 0 Å². The van der Waals surface area contributed by atoms with Gasteiger partial charge in [-0.3, -0.25) is 0 Å². The highest BCUT2D eigenvalue weighted by Crippen LogP contribution is 2.32. The van der Waals surface area contributed by atoms with Crippen molar-refractivity contribution in [3.8, 4) is 11.1 Å². The molecule has 0 radical (unpaired) electrons. The van der Waals surface area contributed by atoms with Gasteiger partial charge in [0.25, 0.3) is 0 Å². The van der Waals surface area contributed by atoms with E-state index in [2.05, 4.69) is 104 Å². The van der Waals surface area contributed by atoms with Crippen LogP contribution in [-0.4, -0.2) is 6.71 Å². The molecular formula is C25H19BS. The van der Waals surface area contributed by atoms with Gasteiger partial charge < -0.3 is 0 Å². The highest BCUT2D eigenvalue weighted by molar-refractivity contribution is 8.00. The maximum atomic E-state index is 2.36. The van der Waals surface area contributed by atoms with Crippen LogP contribution in [0.5, 0.6) is 0 Å². The first-order valence-corrected chi connectivity index (χ1v) is 10.1. The molecule has 0 atom stereocenters. The van der Waals surface area contributed by atoms with Crippen LogP contribution in [0.4, 0.5) is 0 Å². The fourth-order valence-corrected chi connectivity index (χ4v) is 5.14. The Morgan fingerprint density at radius 2 is 1.33 bits per heavy atom. The SMILES string of the molecule is Cc1cccc(-c2ccc3c(c2)Sc2ccccc2B3c2ccccc2)c1. The van der Waals surface area contributed by atoms with E-state index in [4.69, 9.17) is 0 Å². The van der Waals surface area contributed by atoms with Crippen LogP contribution in [0.15, 0.2) is 107 Å². The molecule has 0 saturated carbocycles. The van der Waals surface area contributed by atoms with Crippen LogP contribution in [-0.2, 0) is 0 Å². The van der Waals surface area contributed by atoms with E-state index in [-0.39, 0.29) is 0 Å². The first-order valence-electron chi connectivity index (χ1n) is 9.32. The van der Waals surface area contributed by atoms with Gasteiger partial charge in [0, 0.05) is 9.79 Å². The van der Waals surface area contributed by atoms with E-state index in [0.29, 0.717) is 6.71 Å². The Labute approximate surface area is 165 Å². The lowest BCUT2D eigenvalue weighted by Crippen LogP contribution is -2.55. The molecule has 1 aliphatic heterocycles. The van der Waals surface area contributed by atoms with Crippen molar-refractivity contribution in [3.05, 3.63) is 103 Å². The Balaban J connectivity index is 1.68. The van der Waals surface area contributed by atoms with Gasteiger partial charge >= 0.3 is 0 Å². The molecule has 27 heavy (non-hydrogen) atoms. The van der Waals surface area contributed by atoms with Crippen LogP contribution in [0, 0.1) is 6.92 Å². The van der Waals surface area contributed by atoms with Gasteiger partial charge in [-0.15, -0.1) is 0 Å². The molecule has 0 aromatic heterocycles. The van der Waals surface area contributed by atoms with Crippen LogP contribution in [0.3, 0.4) is 0 Å². The standard InChI is InChI=1S/C25H19BS/c1-18-8-7-9-19(16-18)20-14-15-23-25(17-20)27-24-13-6-5-12-22(24)26(23)21-10-3-2-4-11-21/h2-17H,1H3. The molecular weight excluding hydrogens is 343 g/mol. The van der Waals surface area contributed by atoms with Gasteiger partial charge in [-0.1, -0.05) is 119 Å². The lowest BCUT2D eigenvalue weighted by Gasteiger charge is -2.26. The van der Waals surface area contributed by atoms with Crippen molar-refractivity contribution in [2.24, 2.45) is 0 Å². The predicted molar refractivity (Wildman–Crippen MR) is 118 cm³/mol. The molecule has 0 saturated heterocycles. The summed E-state index contributed by atoms with van der Waals surface area (Å²) in [6.07, 6.45) is 0. The zero-order chi connectivity index (χ0) is 18.2. The molecule has 5 rings (SSSR count). The molecule has 0 nitrogen and oxygen atoms in total. The summed E-state index contributed by atoms with van der Waals surface area (Å²) >= 11 is 1.89. The minimum absolute atomic E-state index is 0.296. The fraction of sp³-hybridized carbons (Fsp3) is 0.0400. The molecule has 4 aromatic rings. The van der Waals surface area contributed by atoms with Crippen LogP contribution < -0.4 is 16.4 Å². The second kappa shape index (κ2) is 6.79. The van der Waals surface area contributed by atoms with Crippen LogP contribution >= 0.6 is 11.8 Å². The van der Waals surface area contributed by atoms with Crippen LogP contribution in [0.2, 0.25) is 0 Å². The number of hydrogen-bond acceptors (Lipinski definition) is 1. The monoisotopic (exact) mass is 362 g/mol. The Morgan fingerprint density at radius 1 is 0.593 bits per heavy atom. The molecule has 128 valence electrons. The van der Waals surface area contributed by atoms with Crippen molar-refractivity contribution < 1.29 is 0 Å². The summed E-state index contributed by atoms with van der Waals surface area (Å²) in [6.45, 7) is 2.45. The van der Waals surface area contributed by atoms with Crippen molar-refractivity contribution >= 4 is 34.9 Å². The Bertz CT molecular complexity index is 1120. The largest absolute Gasteiger partial charge is 0.244 e. The summed E-state index contributed by atoms with van der Waals surface area (Å²) in [5, 5.41) is 0. The summed E-state index contributed by atoms with van der Waals surface area (Å²) in [4.78, 5) is 2.72. The van der Waals surface area contributed by atoms with Crippen molar-refractivity contribution in [2.45, 2.75) is 16.7 Å². The fourth-order valence-electron chi connectivity index (χ4n) is 3.97. The van der Waals surface area contributed by atoms with E-state index in [1.807, 2.05) is 11.8 Å². The lowest BCUT2D eigenvalue weighted by atomic mass is 9.36. The van der Waals surface area contributed by atoms with E-state index in [0.717, 1.165) is 0 Å². The maximum Gasteiger partial charge on any atom is 0.244 e. The summed E-state index contributed by atoms with van der Waals surface area (Å²) in [5.74, 6) is 0. The summed E-state index contributed by atoms with van der Waals surface area (Å²) < 4.78 is 0. The number of rotatable bonds is 2. The van der Waals surface area contributed by atoms with E-state index < -0.39 is 0 Å². The Hall–Kier alpha value is -2.71. The second-order valence-electron chi connectivity index (χ2n) is 7.11. The molecule has 4 aromatic carbocycles. The number of hydrogen-bond donors (Lipinski definition) is 0. The number of fused-ring (bicyclic) bond motifs is 2. The van der Waals surface area contributed by atoms with Crippen molar-refractivity contribution in [1.29, 1.82) is 0 Å². The molecule has 1 aliphatic rings. The topological polar surface area (TPSA) is 0 Å². The molecule has 0 aliphatic carbocycles. The molecule has 0 fully saturated rings. The van der Waals surface area contributed by atoms with E-state index in [9.17, 15) is 0 Å². The zero-order valence-electron chi connectivity index (χ0n) is 15.2. The number of aryl methyl sites for hydroxylation is 1. The first-order chi connectivity index (χ1) is 13.3. The Morgan fingerprint density at radius 3 is 2.19 bits per heavy atom. The average molecular weight is 362 g/mol. The Kier molecular flexibility index (Phi) is 4.14. The predicted octanol–water partition coefficient (Wildman–Crippen LogP) is 4.64. The maximum absolute atomic E-state index is 2.36. The normalized spacial score (nSPS) is 12.4. The molecule has 0 amide bonds. The highest BCUT2D eigenvalue weighted by atomic mass is 32.2. The third kappa shape index (κ3) is 3.00. The van der Waals surface area contributed by atoms with Crippen molar-refractivity contribution in [1.82, 2.24) is 0 Å². The molecule has 0 bridgehead atoms. The van der Waals surface area contributed by atoms with Crippen LogP contribution in [0.1, 0.15) is 5.56 Å². The number of benzene rings is 4. The minimum atomic E-state index is 0.296. The average Bonchev–Trinajstić information content (AvgIpc) is 2.72. The molecule has 0 N–H and O–H groups in total. The van der Waals surface area contributed by atoms with Crippen molar-refractivity contribution in [2.75, 3.05) is 0 Å². The van der Waals surface area contributed by atoms with Gasteiger partial charge in [-0.2, -0.15) is 0 Å². The van der Waals surface area contributed by atoms with E-state index in [1.54, 1.807) is 0 Å². The summed E-state index contributed by atoms with van der Waals surface area (Å²) in [5.41, 5.74) is 8.04. The van der Waals surface area contributed by atoms with E-state index in [1.165, 1.54) is 42.9 Å². The van der Waals surface area contributed by atoms with Crippen LogP contribution in [0.25, 0.3) is 11.1 Å². The third-order valence-corrected chi connectivity index (χ3v) is 6.42. The summed E-state index contributed by atoms with van der Waals surface area (Å²) in [7, 11) is 0. The highest BCUT2D eigenvalue weighted by Gasteiger charge is 2.30. The zero-order valence-corrected chi connectivity index (χ0v) is 16.0. The molecule has 2 heteroatoms. The second-order valence-corrected chi connectivity index (χ2v) is 8.19. The summed E-state index contributed by atoms with van der Waals surface area (Å²) in [6, 6.07) is 35.4. The van der Waals surface area contributed by atoms with Crippen molar-refractivity contribution in [3.63, 3.8) is 0 Å². The van der Waals surface area contributed by atoms with E-state index >= 15 is 0 Å². The smallest absolute Gasteiger partial charge is 0.0911 e. The van der Waals surface area contributed by atoms with Gasteiger partial charge in [0.15, 0.2) is 0 Å². The van der Waals surface area contributed by atoms with Gasteiger partial charge in [0.2, 0.25) is 6.71 Å². The molecule has 0 spiro atoms. The minimum Gasteiger partial charge on any atom is -0.0911 e.